The number of aliphatic hydroxyl groups excluding tert-OH is 1. The molecule has 4 heteroatoms. The molecule has 22 heavy (non-hydrogen) atoms. The average molecular weight is 297 g/mol. The Labute approximate surface area is 130 Å². The van der Waals surface area contributed by atoms with Gasteiger partial charge in [-0.25, -0.2) is 0 Å². The van der Waals surface area contributed by atoms with Crippen molar-refractivity contribution >= 4 is 11.5 Å². The van der Waals surface area contributed by atoms with E-state index in [1.165, 1.54) is 6.08 Å². The van der Waals surface area contributed by atoms with Crippen LogP contribution in [0.1, 0.15) is 16.8 Å². The van der Waals surface area contributed by atoms with Crippen molar-refractivity contribution in [3.63, 3.8) is 0 Å². The molecule has 2 N–H and O–H groups in total. The van der Waals surface area contributed by atoms with Crippen molar-refractivity contribution in [3.8, 4) is 5.75 Å². The molecule has 0 fully saturated rings. The third-order valence-electron chi connectivity index (χ3n) is 2.97. The number of hydrogen-bond donors (Lipinski definition) is 2. The average Bonchev–Trinajstić information content (AvgIpc) is 2.57. The van der Waals surface area contributed by atoms with E-state index >= 15 is 0 Å². The third-order valence-corrected chi connectivity index (χ3v) is 2.97. The Morgan fingerprint density at radius 3 is 2.50 bits per heavy atom. The number of nitrogens with one attached hydrogen (secondary N) is 1. The molecule has 2 aromatic carbocycles. The summed E-state index contributed by atoms with van der Waals surface area (Å²) in [6.45, 7) is 0.620. The van der Waals surface area contributed by atoms with E-state index in [1.54, 1.807) is 18.3 Å². The van der Waals surface area contributed by atoms with E-state index in [0.717, 1.165) is 11.4 Å². The Kier molecular flexibility index (Phi) is 6.20. The SMILES string of the molecule is O=C(C=CNc1ccc(OCCCO)cc1)c1ccccc1. The summed E-state index contributed by atoms with van der Waals surface area (Å²) < 4.78 is 5.44. The number of anilines is 1. The lowest BCUT2D eigenvalue weighted by Crippen LogP contribution is -1.99. The van der Waals surface area contributed by atoms with E-state index in [9.17, 15) is 4.79 Å². The van der Waals surface area contributed by atoms with Gasteiger partial charge < -0.3 is 15.2 Å². The van der Waals surface area contributed by atoms with Crippen molar-refractivity contribution in [2.24, 2.45) is 0 Å². The van der Waals surface area contributed by atoms with Crippen LogP contribution in [0.15, 0.2) is 66.9 Å². The number of aliphatic hydroxyl groups is 1. The number of rotatable bonds is 8. The number of hydrogen-bond acceptors (Lipinski definition) is 4. The molecule has 0 saturated heterocycles. The molecular formula is C18H19NO3. The van der Waals surface area contributed by atoms with E-state index in [-0.39, 0.29) is 12.4 Å². The fourth-order valence-corrected chi connectivity index (χ4v) is 1.81. The molecular weight excluding hydrogens is 278 g/mol. The van der Waals surface area contributed by atoms with Crippen molar-refractivity contribution in [2.75, 3.05) is 18.5 Å². The van der Waals surface area contributed by atoms with Crippen molar-refractivity contribution in [1.29, 1.82) is 0 Å². The number of ether oxygens (including phenoxy) is 1. The highest BCUT2D eigenvalue weighted by Gasteiger charge is 1.99. The smallest absolute Gasteiger partial charge is 0.187 e. The van der Waals surface area contributed by atoms with Crippen LogP contribution in [0, 0.1) is 0 Å². The Hall–Kier alpha value is -2.59. The lowest BCUT2D eigenvalue weighted by molar-refractivity contribution is 0.104. The van der Waals surface area contributed by atoms with E-state index in [2.05, 4.69) is 5.32 Å². The van der Waals surface area contributed by atoms with Gasteiger partial charge >= 0.3 is 0 Å². The van der Waals surface area contributed by atoms with Crippen LogP contribution in [-0.4, -0.2) is 24.1 Å². The molecule has 0 saturated carbocycles. The second-order valence-electron chi connectivity index (χ2n) is 4.66. The van der Waals surface area contributed by atoms with Gasteiger partial charge in [0.2, 0.25) is 0 Å². The summed E-state index contributed by atoms with van der Waals surface area (Å²) in [7, 11) is 0. The molecule has 0 bridgehead atoms. The summed E-state index contributed by atoms with van der Waals surface area (Å²) in [5.74, 6) is 0.709. The second kappa shape index (κ2) is 8.64. The Morgan fingerprint density at radius 2 is 1.82 bits per heavy atom. The maximum Gasteiger partial charge on any atom is 0.187 e. The van der Waals surface area contributed by atoms with Crippen molar-refractivity contribution in [1.82, 2.24) is 0 Å². The summed E-state index contributed by atoms with van der Waals surface area (Å²) in [4.78, 5) is 11.9. The van der Waals surface area contributed by atoms with Gasteiger partial charge in [0.25, 0.3) is 0 Å². The summed E-state index contributed by atoms with van der Waals surface area (Å²) in [5, 5.41) is 11.7. The van der Waals surface area contributed by atoms with Crippen LogP contribution in [0.2, 0.25) is 0 Å². The molecule has 0 atom stereocenters. The first-order valence-electron chi connectivity index (χ1n) is 7.16. The van der Waals surface area contributed by atoms with Gasteiger partial charge in [-0.2, -0.15) is 0 Å². The first-order chi connectivity index (χ1) is 10.8. The fraction of sp³-hybridized carbons (Fsp3) is 0.167. The van der Waals surface area contributed by atoms with Crippen molar-refractivity contribution in [3.05, 3.63) is 72.4 Å². The Morgan fingerprint density at radius 1 is 1.09 bits per heavy atom. The van der Waals surface area contributed by atoms with Gasteiger partial charge in [0.1, 0.15) is 5.75 Å². The molecule has 0 amide bonds. The normalized spacial score (nSPS) is 10.6. The summed E-state index contributed by atoms with van der Waals surface area (Å²) in [6, 6.07) is 16.5. The maximum atomic E-state index is 11.9. The van der Waals surface area contributed by atoms with Crippen LogP contribution >= 0.6 is 0 Å². The lowest BCUT2D eigenvalue weighted by atomic mass is 10.1. The van der Waals surface area contributed by atoms with E-state index in [0.29, 0.717) is 18.6 Å². The monoisotopic (exact) mass is 297 g/mol. The second-order valence-corrected chi connectivity index (χ2v) is 4.66. The van der Waals surface area contributed by atoms with Gasteiger partial charge in [-0.05, 0) is 24.3 Å². The number of allylic oxidation sites excluding steroid dienone is 1. The molecule has 4 nitrogen and oxygen atoms in total. The topological polar surface area (TPSA) is 58.6 Å². The third kappa shape index (κ3) is 5.07. The first-order valence-corrected chi connectivity index (χ1v) is 7.16. The lowest BCUT2D eigenvalue weighted by Gasteiger charge is -2.06. The Bertz CT molecular complexity index is 606. The molecule has 0 radical (unpaired) electrons. The molecule has 0 spiro atoms. The van der Waals surface area contributed by atoms with Gasteiger partial charge in [0.05, 0.1) is 6.61 Å². The van der Waals surface area contributed by atoms with Gasteiger partial charge in [-0.15, -0.1) is 0 Å². The van der Waals surface area contributed by atoms with Gasteiger partial charge in [-0.3, -0.25) is 4.79 Å². The number of ketones is 1. The van der Waals surface area contributed by atoms with Crippen LogP contribution in [0.3, 0.4) is 0 Å². The van der Waals surface area contributed by atoms with E-state index in [4.69, 9.17) is 9.84 Å². The molecule has 0 aromatic heterocycles. The summed E-state index contributed by atoms with van der Waals surface area (Å²) >= 11 is 0. The van der Waals surface area contributed by atoms with Gasteiger partial charge in [0.15, 0.2) is 5.78 Å². The molecule has 2 aromatic rings. The summed E-state index contributed by atoms with van der Waals surface area (Å²) in [6.07, 6.45) is 3.74. The number of carbonyl (C=O) groups is 1. The van der Waals surface area contributed by atoms with E-state index in [1.807, 2.05) is 42.5 Å². The predicted molar refractivity (Wildman–Crippen MR) is 87.2 cm³/mol. The zero-order valence-electron chi connectivity index (χ0n) is 12.2. The highest BCUT2D eigenvalue weighted by Crippen LogP contribution is 2.15. The standard InChI is InChI=1S/C18H19NO3/c20-13-4-14-22-17-9-7-16(8-10-17)19-12-11-18(21)15-5-2-1-3-6-15/h1-3,5-12,19-20H,4,13-14H2. The highest BCUT2D eigenvalue weighted by atomic mass is 16.5. The highest BCUT2D eigenvalue weighted by molar-refractivity contribution is 6.04. The minimum atomic E-state index is -0.0444. The van der Waals surface area contributed by atoms with Gasteiger partial charge in [0, 0.05) is 36.6 Å². The summed E-state index contributed by atoms with van der Waals surface area (Å²) in [5.41, 5.74) is 1.53. The number of carbonyl (C=O) groups excluding carboxylic acids is 1. The molecule has 0 aliphatic heterocycles. The van der Waals surface area contributed by atoms with Gasteiger partial charge in [-0.1, -0.05) is 30.3 Å². The molecule has 0 aliphatic carbocycles. The van der Waals surface area contributed by atoms with E-state index < -0.39 is 0 Å². The van der Waals surface area contributed by atoms with Crippen LogP contribution in [0.5, 0.6) is 5.75 Å². The van der Waals surface area contributed by atoms with Crippen LogP contribution < -0.4 is 10.1 Å². The first kappa shape index (κ1) is 15.8. The number of benzene rings is 2. The van der Waals surface area contributed by atoms with Crippen LogP contribution in [-0.2, 0) is 0 Å². The maximum absolute atomic E-state index is 11.9. The molecule has 0 heterocycles. The van der Waals surface area contributed by atoms with Crippen LogP contribution in [0.4, 0.5) is 5.69 Å². The van der Waals surface area contributed by atoms with Crippen LogP contribution in [0.25, 0.3) is 0 Å². The minimum Gasteiger partial charge on any atom is -0.494 e. The fourth-order valence-electron chi connectivity index (χ4n) is 1.81. The van der Waals surface area contributed by atoms with Crippen molar-refractivity contribution in [2.45, 2.75) is 6.42 Å². The Balaban J connectivity index is 1.83. The molecule has 0 aliphatic rings. The largest absolute Gasteiger partial charge is 0.494 e. The quantitative estimate of drug-likeness (QED) is 0.446. The molecule has 114 valence electrons. The predicted octanol–water partition coefficient (Wildman–Crippen LogP) is 3.26. The zero-order chi connectivity index (χ0) is 15.6. The zero-order valence-corrected chi connectivity index (χ0v) is 12.2. The molecule has 0 unspecified atom stereocenters. The minimum absolute atomic E-state index is 0.0444. The molecule has 2 rings (SSSR count). The van der Waals surface area contributed by atoms with Crippen molar-refractivity contribution < 1.29 is 14.6 Å².